The number of sulfone groups is 1. The van der Waals surface area contributed by atoms with Gasteiger partial charge in [-0.1, -0.05) is 32.0 Å². The van der Waals surface area contributed by atoms with Gasteiger partial charge in [0.2, 0.25) is 5.91 Å². The lowest BCUT2D eigenvalue weighted by Crippen LogP contribution is -2.33. The first kappa shape index (κ1) is 28.1. The summed E-state index contributed by atoms with van der Waals surface area (Å²) >= 11 is 0. The highest BCUT2D eigenvalue weighted by Gasteiger charge is 2.27. The van der Waals surface area contributed by atoms with Gasteiger partial charge in [0.05, 0.1) is 18.8 Å². The van der Waals surface area contributed by atoms with E-state index in [2.05, 4.69) is 0 Å². The predicted octanol–water partition coefficient (Wildman–Crippen LogP) is 3.81. The van der Waals surface area contributed by atoms with Crippen LogP contribution in [-0.4, -0.2) is 57.6 Å². The van der Waals surface area contributed by atoms with E-state index >= 15 is 4.39 Å². The third kappa shape index (κ3) is 5.90. The highest BCUT2D eigenvalue weighted by atomic mass is 32.2. The summed E-state index contributed by atoms with van der Waals surface area (Å²) in [5, 5.41) is 0. The Kier molecular flexibility index (Phi) is 8.25. The largest absolute Gasteiger partial charge is 0.491 e. The molecule has 0 radical (unpaired) electrons. The number of likely N-dealkylation sites (N-methyl/N-ethyl adjacent to an activating group) is 1. The van der Waals surface area contributed by atoms with Gasteiger partial charge >= 0.3 is 0 Å². The Morgan fingerprint density at radius 2 is 1.74 bits per heavy atom. The molecule has 3 aromatic rings. The van der Waals surface area contributed by atoms with Crippen LogP contribution in [0.2, 0.25) is 0 Å². The first-order chi connectivity index (χ1) is 18.6. The molecule has 1 aliphatic heterocycles. The number of carbonyl (C=O) groups is 2. The summed E-state index contributed by atoms with van der Waals surface area (Å²) in [5.74, 6) is -1.21. The number of benzene rings is 3. The number of carbonyl (C=O) groups excluding carboxylic acids is 2. The van der Waals surface area contributed by atoms with Gasteiger partial charge in [0.1, 0.15) is 23.1 Å². The second-order valence-electron chi connectivity index (χ2n) is 9.43. The van der Waals surface area contributed by atoms with Gasteiger partial charge in [-0.15, -0.1) is 0 Å². The SMILES string of the molecule is CCc1c(C(=O)N2CCOc3ccc(-c4ccc(N(C)CC(N)=O)cc4)cc3C2)ccc(S(=O)(=O)CC)c1F. The Balaban J connectivity index is 1.61. The van der Waals surface area contributed by atoms with E-state index in [0.717, 1.165) is 22.4 Å². The topological polar surface area (TPSA) is 110 Å². The minimum atomic E-state index is -3.76. The number of hydrogen-bond acceptors (Lipinski definition) is 6. The number of nitrogens with zero attached hydrogens (tertiary/aromatic N) is 2. The zero-order valence-electron chi connectivity index (χ0n) is 22.2. The fourth-order valence-corrected chi connectivity index (χ4v) is 5.68. The number of ether oxygens (including phenoxy) is 1. The predicted molar refractivity (Wildman–Crippen MR) is 148 cm³/mol. The molecule has 1 heterocycles. The summed E-state index contributed by atoms with van der Waals surface area (Å²) in [7, 11) is -1.97. The fourth-order valence-electron chi connectivity index (χ4n) is 4.69. The molecule has 206 valence electrons. The highest BCUT2D eigenvalue weighted by Crippen LogP contribution is 2.32. The minimum absolute atomic E-state index is 0.0926. The van der Waals surface area contributed by atoms with Crippen LogP contribution in [-0.2, 0) is 27.6 Å². The van der Waals surface area contributed by atoms with E-state index in [1.807, 2.05) is 42.5 Å². The first-order valence-electron chi connectivity index (χ1n) is 12.7. The number of nitrogens with two attached hydrogens (primary N) is 1. The Bertz CT molecular complexity index is 1510. The maximum Gasteiger partial charge on any atom is 0.254 e. The van der Waals surface area contributed by atoms with E-state index < -0.39 is 21.6 Å². The van der Waals surface area contributed by atoms with Crippen molar-refractivity contribution in [3.63, 3.8) is 0 Å². The molecule has 0 spiro atoms. The number of amides is 2. The normalized spacial score (nSPS) is 13.3. The van der Waals surface area contributed by atoms with Crippen molar-refractivity contribution in [2.45, 2.75) is 31.7 Å². The van der Waals surface area contributed by atoms with Gasteiger partial charge in [-0.3, -0.25) is 9.59 Å². The molecule has 0 saturated carbocycles. The summed E-state index contributed by atoms with van der Waals surface area (Å²) in [5.41, 5.74) is 9.05. The van der Waals surface area contributed by atoms with Gasteiger partial charge in [0, 0.05) is 36.0 Å². The van der Waals surface area contributed by atoms with E-state index in [1.165, 1.54) is 19.1 Å². The number of halogens is 1. The van der Waals surface area contributed by atoms with Crippen LogP contribution in [0.1, 0.15) is 35.3 Å². The molecule has 3 aromatic carbocycles. The number of rotatable bonds is 8. The molecule has 8 nitrogen and oxygen atoms in total. The van der Waals surface area contributed by atoms with Crippen LogP contribution in [0.15, 0.2) is 59.5 Å². The molecule has 0 aromatic heterocycles. The molecule has 0 saturated heterocycles. The summed E-state index contributed by atoms with van der Waals surface area (Å²) in [4.78, 5) is 27.8. The minimum Gasteiger partial charge on any atom is -0.491 e. The van der Waals surface area contributed by atoms with Crippen molar-refractivity contribution >= 4 is 27.3 Å². The quantitative estimate of drug-likeness (QED) is 0.454. The smallest absolute Gasteiger partial charge is 0.254 e. The van der Waals surface area contributed by atoms with Crippen LogP contribution in [0.3, 0.4) is 0 Å². The summed E-state index contributed by atoms with van der Waals surface area (Å²) < 4.78 is 45.8. The molecule has 2 amide bonds. The van der Waals surface area contributed by atoms with Crippen molar-refractivity contribution in [3.8, 4) is 16.9 Å². The molecular weight excluding hydrogens is 521 g/mol. The molecule has 0 unspecified atom stereocenters. The van der Waals surface area contributed by atoms with E-state index in [0.29, 0.717) is 12.3 Å². The molecule has 2 N–H and O–H groups in total. The van der Waals surface area contributed by atoms with Crippen LogP contribution in [0.4, 0.5) is 10.1 Å². The molecule has 0 fully saturated rings. The van der Waals surface area contributed by atoms with Crippen LogP contribution < -0.4 is 15.4 Å². The van der Waals surface area contributed by atoms with Crippen LogP contribution in [0, 0.1) is 5.82 Å². The number of fused-ring (bicyclic) bond motifs is 1. The van der Waals surface area contributed by atoms with Crippen molar-refractivity contribution in [1.82, 2.24) is 4.90 Å². The lowest BCUT2D eigenvalue weighted by atomic mass is 10.0. The van der Waals surface area contributed by atoms with Crippen molar-refractivity contribution in [3.05, 3.63) is 77.1 Å². The summed E-state index contributed by atoms with van der Waals surface area (Å²) in [6, 6.07) is 16.1. The average molecular weight is 554 g/mol. The Labute approximate surface area is 228 Å². The van der Waals surface area contributed by atoms with Crippen molar-refractivity contribution in [2.24, 2.45) is 5.73 Å². The van der Waals surface area contributed by atoms with E-state index in [-0.39, 0.29) is 53.8 Å². The maximum atomic E-state index is 15.2. The van der Waals surface area contributed by atoms with E-state index in [9.17, 15) is 18.0 Å². The van der Waals surface area contributed by atoms with E-state index in [1.54, 1.807) is 23.8 Å². The summed E-state index contributed by atoms with van der Waals surface area (Å²) in [6.07, 6.45) is 0.176. The Hall–Kier alpha value is -3.92. The Morgan fingerprint density at radius 1 is 1.05 bits per heavy atom. The third-order valence-electron chi connectivity index (χ3n) is 6.87. The molecule has 0 bridgehead atoms. The van der Waals surface area contributed by atoms with Gasteiger partial charge in [-0.2, -0.15) is 0 Å². The fraction of sp³-hybridized carbons (Fsp3) is 0.310. The van der Waals surface area contributed by atoms with Crippen LogP contribution >= 0.6 is 0 Å². The van der Waals surface area contributed by atoms with Gasteiger partial charge in [-0.05, 0) is 53.9 Å². The monoisotopic (exact) mass is 553 g/mol. The van der Waals surface area contributed by atoms with Gasteiger partial charge < -0.3 is 20.3 Å². The van der Waals surface area contributed by atoms with Crippen LogP contribution in [0.5, 0.6) is 5.75 Å². The molecule has 10 heteroatoms. The summed E-state index contributed by atoms with van der Waals surface area (Å²) in [6.45, 7) is 4.08. The zero-order valence-corrected chi connectivity index (χ0v) is 23.1. The lowest BCUT2D eigenvalue weighted by molar-refractivity contribution is -0.116. The molecule has 4 rings (SSSR count). The molecule has 0 atom stereocenters. The first-order valence-corrected chi connectivity index (χ1v) is 14.4. The lowest BCUT2D eigenvalue weighted by Gasteiger charge is -2.22. The molecule has 1 aliphatic rings. The van der Waals surface area contributed by atoms with Gasteiger partial charge in [0.25, 0.3) is 5.91 Å². The molecular formula is C29H32FN3O5S. The molecule has 0 aliphatic carbocycles. The number of primary amides is 1. The standard InChI is InChI=1S/C29H32FN3O5S/c1-4-23-24(11-13-26(28(23)30)39(36,37)5-2)29(35)33-14-15-38-25-12-8-20(16-21(25)17-33)19-6-9-22(10-7-19)32(3)18-27(31)34/h6-13,16H,4-5,14-15,17-18H2,1-3H3,(H2,31,34). The number of hydrogen-bond donors (Lipinski definition) is 1. The van der Waals surface area contributed by atoms with Crippen LogP contribution in [0.25, 0.3) is 11.1 Å². The van der Waals surface area contributed by atoms with Crippen molar-refractivity contribution in [1.29, 1.82) is 0 Å². The van der Waals surface area contributed by atoms with Gasteiger partial charge in [-0.25, -0.2) is 12.8 Å². The highest BCUT2D eigenvalue weighted by molar-refractivity contribution is 7.91. The Morgan fingerprint density at radius 3 is 2.38 bits per heavy atom. The molecule has 39 heavy (non-hydrogen) atoms. The zero-order chi connectivity index (χ0) is 28.3. The van der Waals surface area contributed by atoms with Gasteiger partial charge in [0.15, 0.2) is 9.84 Å². The second kappa shape index (κ2) is 11.4. The average Bonchev–Trinajstić information content (AvgIpc) is 3.14. The van der Waals surface area contributed by atoms with Crippen molar-refractivity contribution in [2.75, 3.05) is 37.4 Å². The second-order valence-corrected chi connectivity index (χ2v) is 11.7. The number of anilines is 1. The van der Waals surface area contributed by atoms with E-state index in [4.69, 9.17) is 10.5 Å². The van der Waals surface area contributed by atoms with Crippen molar-refractivity contribution < 1.29 is 27.1 Å². The maximum absolute atomic E-state index is 15.2. The third-order valence-corrected chi connectivity index (χ3v) is 8.61.